The summed E-state index contributed by atoms with van der Waals surface area (Å²) in [7, 11) is 1.58. The lowest BCUT2D eigenvalue weighted by atomic mass is 10.1. The summed E-state index contributed by atoms with van der Waals surface area (Å²) in [6, 6.07) is 3.08. The molecule has 0 aliphatic heterocycles. The number of rotatable bonds is 5. The smallest absolute Gasteiger partial charge is 0.140 e. The molecule has 0 fully saturated rings. The van der Waals surface area contributed by atoms with Crippen molar-refractivity contribution in [1.82, 2.24) is 0 Å². The van der Waals surface area contributed by atoms with E-state index < -0.39 is 0 Å². The first-order valence-corrected chi connectivity index (χ1v) is 5.24. The Bertz CT molecular complexity index is 466. The Kier molecular flexibility index (Phi) is 4.83. The zero-order chi connectivity index (χ0) is 12.8. The number of anilines is 1. The number of nitrogens with one attached hydrogen (secondary N) is 1. The third-order valence-corrected chi connectivity index (χ3v) is 2.36. The van der Waals surface area contributed by atoms with Gasteiger partial charge in [0.15, 0.2) is 0 Å². The molecule has 1 rings (SSSR count). The molecule has 0 heterocycles. The summed E-state index contributed by atoms with van der Waals surface area (Å²) < 4.78 is 10.2. The van der Waals surface area contributed by atoms with Gasteiger partial charge in [-0.25, -0.2) is 0 Å². The second kappa shape index (κ2) is 6.14. The Morgan fingerprint density at radius 1 is 1.53 bits per heavy atom. The molecule has 17 heavy (non-hydrogen) atoms. The molecule has 0 bridgehead atoms. The van der Waals surface area contributed by atoms with Crippen LogP contribution in [0.25, 0.3) is 0 Å². The number of nitrogens with two attached hydrogens (primary N) is 1. The van der Waals surface area contributed by atoms with Crippen LogP contribution in [0.5, 0.6) is 5.75 Å². The van der Waals surface area contributed by atoms with Gasteiger partial charge in [-0.05, 0) is 6.07 Å². The van der Waals surface area contributed by atoms with E-state index in [1.165, 1.54) is 6.07 Å². The van der Waals surface area contributed by atoms with Crippen molar-refractivity contribution in [3.63, 3.8) is 0 Å². The minimum Gasteiger partial charge on any atom is -0.490 e. The molecule has 3 N–H and O–H groups in total. The van der Waals surface area contributed by atoms with Gasteiger partial charge in [-0.15, -0.1) is 6.42 Å². The third kappa shape index (κ3) is 3.38. The molecule has 0 saturated carbocycles. The normalized spacial score (nSPS) is 9.71. The lowest BCUT2D eigenvalue weighted by Gasteiger charge is -2.10. The summed E-state index contributed by atoms with van der Waals surface area (Å²) in [5.41, 5.74) is 6.55. The first-order chi connectivity index (χ1) is 8.10. The van der Waals surface area contributed by atoms with E-state index in [1.54, 1.807) is 13.2 Å². The van der Waals surface area contributed by atoms with E-state index in [2.05, 4.69) is 5.92 Å². The number of halogens is 1. The monoisotopic (exact) mass is 252 g/mol. The molecule has 5 heteroatoms. The fraction of sp³-hybridized carbons (Fsp3) is 0.250. The summed E-state index contributed by atoms with van der Waals surface area (Å²) in [4.78, 5) is 0. The predicted molar refractivity (Wildman–Crippen MR) is 68.9 cm³/mol. The fourth-order valence-electron chi connectivity index (χ4n) is 1.21. The van der Waals surface area contributed by atoms with Crippen molar-refractivity contribution in [2.24, 2.45) is 0 Å². The zero-order valence-corrected chi connectivity index (χ0v) is 10.2. The third-order valence-electron chi connectivity index (χ3n) is 2.06. The Balaban J connectivity index is 2.94. The van der Waals surface area contributed by atoms with E-state index in [-0.39, 0.29) is 5.71 Å². The minimum absolute atomic E-state index is 0.00663. The number of nitrogen functional groups attached to an aromatic ring is 1. The van der Waals surface area contributed by atoms with Crippen LogP contribution in [0.1, 0.15) is 5.56 Å². The van der Waals surface area contributed by atoms with Crippen LogP contribution in [0, 0.1) is 17.8 Å². The van der Waals surface area contributed by atoms with E-state index in [9.17, 15) is 0 Å². The maximum absolute atomic E-state index is 7.52. The first kappa shape index (κ1) is 13.4. The maximum atomic E-state index is 7.52. The second-order valence-electron chi connectivity index (χ2n) is 3.23. The molecule has 1 aromatic carbocycles. The molecule has 0 aliphatic rings. The maximum Gasteiger partial charge on any atom is 0.140 e. The molecule has 1 aromatic rings. The largest absolute Gasteiger partial charge is 0.490 e. The quantitative estimate of drug-likeness (QED) is 0.364. The molecule has 0 spiro atoms. The average molecular weight is 253 g/mol. The molecule has 0 unspecified atom stereocenters. The first-order valence-electron chi connectivity index (χ1n) is 4.86. The predicted octanol–water partition coefficient (Wildman–Crippen LogP) is 1.95. The van der Waals surface area contributed by atoms with Crippen molar-refractivity contribution in [3.8, 4) is 18.1 Å². The number of ether oxygens (including phenoxy) is 2. The number of hydrogen-bond acceptors (Lipinski definition) is 4. The van der Waals surface area contributed by atoms with Gasteiger partial charge in [-0.1, -0.05) is 17.5 Å². The van der Waals surface area contributed by atoms with Gasteiger partial charge in [0.1, 0.15) is 18.1 Å². The van der Waals surface area contributed by atoms with Crippen LogP contribution >= 0.6 is 11.6 Å². The summed E-state index contributed by atoms with van der Waals surface area (Å²) in [5.74, 6) is 2.66. The topological polar surface area (TPSA) is 68.3 Å². The van der Waals surface area contributed by atoms with E-state index in [0.717, 1.165) is 0 Å². The van der Waals surface area contributed by atoms with Gasteiger partial charge in [0, 0.05) is 24.4 Å². The molecular formula is C12H13ClN2O2. The van der Waals surface area contributed by atoms with Crippen LogP contribution in [-0.4, -0.2) is 26.0 Å². The molecule has 90 valence electrons. The van der Waals surface area contributed by atoms with Gasteiger partial charge in [0.25, 0.3) is 0 Å². The van der Waals surface area contributed by atoms with Gasteiger partial charge in [-0.3, -0.25) is 5.41 Å². The van der Waals surface area contributed by atoms with Gasteiger partial charge in [0.2, 0.25) is 0 Å². The highest BCUT2D eigenvalue weighted by Gasteiger charge is 2.10. The summed E-state index contributed by atoms with van der Waals surface area (Å²) >= 11 is 5.99. The van der Waals surface area contributed by atoms with E-state index >= 15 is 0 Å². The van der Waals surface area contributed by atoms with Crippen molar-refractivity contribution in [1.29, 1.82) is 5.41 Å². The summed E-state index contributed by atoms with van der Waals surface area (Å²) in [6.45, 7) is 0.833. The van der Waals surface area contributed by atoms with Gasteiger partial charge < -0.3 is 15.2 Å². The summed E-state index contributed by atoms with van der Waals surface area (Å²) in [5, 5.41) is 7.88. The van der Waals surface area contributed by atoms with Gasteiger partial charge >= 0.3 is 0 Å². The van der Waals surface area contributed by atoms with E-state index in [0.29, 0.717) is 35.2 Å². The molecule has 4 nitrogen and oxygen atoms in total. The van der Waals surface area contributed by atoms with Crippen molar-refractivity contribution in [2.45, 2.75) is 0 Å². The summed E-state index contributed by atoms with van der Waals surface area (Å²) in [6.07, 6.45) is 5.14. The number of benzene rings is 1. The van der Waals surface area contributed by atoms with Crippen LogP contribution in [-0.2, 0) is 4.74 Å². The van der Waals surface area contributed by atoms with Crippen LogP contribution in [0.2, 0.25) is 5.02 Å². The lowest BCUT2D eigenvalue weighted by Crippen LogP contribution is -2.07. The molecule has 0 aliphatic carbocycles. The zero-order valence-electron chi connectivity index (χ0n) is 9.42. The second-order valence-corrected chi connectivity index (χ2v) is 3.64. The number of terminal acetylenes is 1. The Morgan fingerprint density at radius 2 is 2.24 bits per heavy atom. The molecule has 0 aromatic heterocycles. The van der Waals surface area contributed by atoms with Gasteiger partial charge in [0.05, 0.1) is 11.6 Å². The van der Waals surface area contributed by atoms with Crippen molar-refractivity contribution < 1.29 is 9.47 Å². The lowest BCUT2D eigenvalue weighted by molar-refractivity contribution is 0.146. The Labute approximate surface area is 105 Å². The number of hydrogen-bond donors (Lipinski definition) is 2. The van der Waals surface area contributed by atoms with E-state index in [4.69, 9.17) is 38.6 Å². The van der Waals surface area contributed by atoms with Crippen LogP contribution in [0.15, 0.2) is 12.1 Å². The van der Waals surface area contributed by atoms with Crippen molar-refractivity contribution >= 4 is 23.0 Å². The van der Waals surface area contributed by atoms with E-state index in [1.807, 2.05) is 0 Å². The standard InChI is InChI=1S/C12H13ClN2O2/c1-3-10(14)8-6-9(13)12(7-11(8)15)17-5-4-16-2/h1,6-7,14H,4-5,15H2,2H3. The Morgan fingerprint density at radius 3 is 2.82 bits per heavy atom. The average Bonchev–Trinajstić information content (AvgIpc) is 2.32. The molecule has 0 atom stereocenters. The highest BCUT2D eigenvalue weighted by molar-refractivity contribution is 6.33. The molecule has 0 amide bonds. The Hall–Kier alpha value is -1.70. The molecular weight excluding hydrogens is 240 g/mol. The number of methoxy groups -OCH3 is 1. The van der Waals surface area contributed by atoms with Crippen LogP contribution in [0.4, 0.5) is 5.69 Å². The fourth-order valence-corrected chi connectivity index (χ4v) is 1.43. The molecule has 0 saturated heterocycles. The van der Waals surface area contributed by atoms with Crippen molar-refractivity contribution in [3.05, 3.63) is 22.7 Å². The highest BCUT2D eigenvalue weighted by Crippen LogP contribution is 2.30. The van der Waals surface area contributed by atoms with Crippen LogP contribution in [0.3, 0.4) is 0 Å². The molecule has 0 radical (unpaired) electrons. The SMILES string of the molecule is C#CC(=N)c1cc(Cl)c(OCCOC)cc1N. The minimum atomic E-state index is -0.00663. The highest BCUT2D eigenvalue weighted by atomic mass is 35.5. The van der Waals surface area contributed by atoms with Gasteiger partial charge in [-0.2, -0.15) is 0 Å². The van der Waals surface area contributed by atoms with Crippen molar-refractivity contribution in [2.75, 3.05) is 26.1 Å². The van der Waals surface area contributed by atoms with Crippen LogP contribution < -0.4 is 10.5 Å².